The number of aldehydes is 1. The van der Waals surface area contributed by atoms with E-state index in [1.165, 1.54) is 9.80 Å². The van der Waals surface area contributed by atoms with Crippen molar-refractivity contribution in [3.8, 4) is 0 Å². The van der Waals surface area contributed by atoms with Gasteiger partial charge in [-0.15, -0.1) is 0 Å². The maximum absolute atomic E-state index is 14.5. The van der Waals surface area contributed by atoms with E-state index in [9.17, 15) is 24.0 Å². The average molecular weight is 699 g/mol. The summed E-state index contributed by atoms with van der Waals surface area (Å²) in [5.74, 6) is -1.34. The minimum absolute atomic E-state index is 0.0174. The van der Waals surface area contributed by atoms with Crippen LogP contribution in [0.3, 0.4) is 0 Å². The number of likely N-dealkylation sites (N-methyl/N-ethyl adjacent to an activating group) is 1. The number of nitrogens with two attached hydrogens (primary N) is 2. The van der Waals surface area contributed by atoms with Crippen molar-refractivity contribution in [1.29, 1.82) is 0 Å². The molecule has 1 fully saturated rings. The molecule has 1 saturated heterocycles. The van der Waals surface area contributed by atoms with Crippen LogP contribution in [-0.4, -0.2) is 88.7 Å². The lowest BCUT2D eigenvalue weighted by molar-refractivity contribution is -0.147. The van der Waals surface area contributed by atoms with Gasteiger partial charge in [-0.25, -0.2) is 14.5 Å². The van der Waals surface area contributed by atoms with E-state index in [2.05, 4.69) is 4.99 Å². The van der Waals surface area contributed by atoms with Gasteiger partial charge in [-0.2, -0.15) is 0 Å². The van der Waals surface area contributed by atoms with Gasteiger partial charge in [-0.3, -0.25) is 19.5 Å². The molecule has 13 nitrogen and oxygen atoms in total. The molecule has 51 heavy (non-hydrogen) atoms. The van der Waals surface area contributed by atoms with Gasteiger partial charge in [0.1, 0.15) is 31.6 Å². The van der Waals surface area contributed by atoms with Crippen molar-refractivity contribution in [2.75, 3.05) is 19.6 Å². The molecular formula is C38H46N6O7. The molecule has 0 bridgehead atoms. The number of hydrogen-bond donors (Lipinski definition) is 2. The second-order valence-electron chi connectivity index (χ2n) is 12.1. The van der Waals surface area contributed by atoms with Crippen molar-refractivity contribution >= 4 is 36.2 Å². The molecule has 3 aromatic carbocycles. The lowest BCUT2D eigenvalue weighted by atomic mass is 10.0. The Bertz CT molecular complexity index is 1620. The van der Waals surface area contributed by atoms with Crippen molar-refractivity contribution in [1.82, 2.24) is 14.7 Å². The molecule has 0 unspecified atom stereocenters. The zero-order valence-electron chi connectivity index (χ0n) is 28.8. The Morgan fingerprint density at radius 1 is 0.863 bits per heavy atom. The maximum Gasteiger partial charge on any atom is 0.417 e. The lowest BCUT2D eigenvalue weighted by Crippen LogP contribution is -2.58. The SMILES string of the molecule is CCN(C(=O)OCc1ccccc1)[C@H](Cc1ccccc1)C(=O)N1CCC[C@H]1C(=O)N(C(=O)OCc1ccccc1)[C@H](C=O)CCCN=C(N)N. The molecule has 1 heterocycles. The molecule has 0 spiro atoms. The summed E-state index contributed by atoms with van der Waals surface area (Å²) in [6, 6.07) is 24.1. The third-order valence-electron chi connectivity index (χ3n) is 8.61. The van der Waals surface area contributed by atoms with E-state index in [1.807, 2.05) is 66.7 Å². The Labute approximate surface area is 298 Å². The number of amides is 4. The number of benzene rings is 3. The molecule has 13 heteroatoms. The largest absolute Gasteiger partial charge is 0.445 e. The average Bonchev–Trinajstić information content (AvgIpc) is 3.65. The van der Waals surface area contributed by atoms with Gasteiger partial charge in [-0.1, -0.05) is 91.0 Å². The summed E-state index contributed by atoms with van der Waals surface area (Å²) in [5, 5.41) is 0. The number of carbonyl (C=O) groups excluding carboxylic acids is 5. The number of ether oxygens (including phenoxy) is 2. The van der Waals surface area contributed by atoms with E-state index in [4.69, 9.17) is 20.9 Å². The van der Waals surface area contributed by atoms with Crippen LogP contribution in [-0.2, 0) is 43.5 Å². The molecule has 4 rings (SSSR count). The highest BCUT2D eigenvalue weighted by molar-refractivity contribution is 6.00. The molecule has 0 aliphatic carbocycles. The number of likely N-dealkylation sites (tertiary alicyclic amines) is 1. The molecule has 4 amide bonds. The molecule has 0 radical (unpaired) electrons. The van der Waals surface area contributed by atoms with Crippen LogP contribution in [0.1, 0.15) is 49.3 Å². The molecule has 1 aliphatic heterocycles. The van der Waals surface area contributed by atoms with Crippen LogP contribution in [0, 0.1) is 0 Å². The second-order valence-corrected chi connectivity index (χ2v) is 12.1. The standard InChI is InChI=1S/C38H46N6O7/c1-2-42(37(48)50-26-29-16-8-4-9-17-29)33(24-28-14-6-3-7-15-28)34(46)43-23-13-21-32(43)35(47)44(31(25-45)20-12-22-41-36(39)40)38(49)51-27-30-18-10-5-11-19-30/h3-11,14-19,25,31-33H,2,12-13,20-24,26-27H2,1H3,(H4,39,40,41)/t31-,32-,33+/m0/s1. The fraction of sp³-hybridized carbons (Fsp3) is 0.368. The van der Waals surface area contributed by atoms with E-state index < -0.39 is 42.1 Å². The summed E-state index contributed by atoms with van der Waals surface area (Å²) in [5.41, 5.74) is 13.2. The van der Waals surface area contributed by atoms with Gasteiger partial charge < -0.3 is 30.6 Å². The van der Waals surface area contributed by atoms with Crippen molar-refractivity contribution < 1.29 is 33.4 Å². The zero-order valence-corrected chi connectivity index (χ0v) is 28.8. The van der Waals surface area contributed by atoms with Crippen LogP contribution in [0.25, 0.3) is 0 Å². The van der Waals surface area contributed by atoms with Gasteiger partial charge in [0, 0.05) is 26.1 Å². The summed E-state index contributed by atoms with van der Waals surface area (Å²) in [4.78, 5) is 76.0. The van der Waals surface area contributed by atoms with E-state index in [0.29, 0.717) is 24.7 Å². The van der Waals surface area contributed by atoms with Crippen molar-refractivity contribution in [3.63, 3.8) is 0 Å². The molecular weight excluding hydrogens is 652 g/mol. The molecule has 0 saturated carbocycles. The minimum Gasteiger partial charge on any atom is -0.445 e. The summed E-state index contributed by atoms with van der Waals surface area (Å²) in [6.45, 7) is 2.18. The summed E-state index contributed by atoms with van der Waals surface area (Å²) in [7, 11) is 0. The molecule has 1 aliphatic rings. The zero-order chi connectivity index (χ0) is 36.6. The highest BCUT2D eigenvalue weighted by atomic mass is 16.6. The Hall–Kier alpha value is -5.72. The van der Waals surface area contributed by atoms with E-state index in [1.54, 1.807) is 31.2 Å². The van der Waals surface area contributed by atoms with Gasteiger partial charge in [0.05, 0.1) is 6.04 Å². The first kappa shape index (κ1) is 38.1. The topological polar surface area (TPSA) is 178 Å². The molecule has 4 N–H and O–H groups in total. The van der Waals surface area contributed by atoms with Crippen molar-refractivity contribution in [2.45, 2.75) is 70.4 Å². The smallest absolute Gasteiger partial charge is 0.417 e. The van der Waals surface area contributed by atoms with Crippen LogP contribution in [0.15, 0.2) is 96.0 Å². The molecule has 3 aromatic rings. The van der Waals surface area contributed by atoms with Crippen LogP contribution in [0.2, 0.25) is 0 Å². The lowest BCUT2D eigenvalue weighted by Gasteiger charge is -2.36. The highest BCUT2D eigenvalue weighted by Gasteiger charge is 2.44. The number of imide groups is 1. The van der Waals surface area contributed by atoms with E-state index in [0.717, 1.165) is 16.0 Å². The number of nitrogens with zero attached hydrogens (tertiary/aromatic N) is 4. The monoisotopic (exact) mass is 698 g/mol. The number of hydrogen-bond acceptors (Lipinski definition) is 8. The normalized spacial score (nSPS) is 14.8. The Morgan fingerprint density at radius 3 is 1.94 bits per heavy atom. The second kappa shape index (κ2) is 19.5. The van der Waals surface area contributed by atoms with Gasteiger partial charge in [0.25, 0.3) is 5.91 Å². The van der Waals surface area contributed by atoms with Crippen LogP contribution in [0.5, 0.6) is 0 Å². The predicted molar refractivity (Wildman–Crippen MR) is 191 cm³/mol. The molecule has 270 valence electrons. The van der Waals surface area contributed by atoms with E-state index >= 15 is 0 Å². The fourth-order valence-corrected chi connectivity index (χ4v) is 6.03. The van der Waals surface area contributed by atoms with Crippen molar-refractivity contribution in [2.24, 2.45) is 16.5 Å². The number of carbonyl (C=O) groups is 5. The van der Waals surface area contributed by atoms with Gasteiger partial charge in [0.15, 0.2) is 5.96 Å². The maximum atomic E-state index is 14.5. The molecule has 0 aromatic heterocycles. The third-order valence-corrected chi connectivity index (χ3v) is 8.61. The predicted octanol–water partition coefficient (Wildman–Crippen LogP) is 4.03. The molecule has 3 atom stereocenters. The first-order valence-corrected chi connectivity index (χ1v) is 17.1. The Morgan fingerprint density at radius 2 is 1.41 bits per heavy atom. The quantitative estimate of drug-likeness (QED) is 0.0967. The summed E-state index contributed by atoms with van der Waals surface area (Å²) in [6.07, 6.45) is 0.0611. The Balaban J connectivity index is 1.60. The van der Waals surface area contributed by atoms with Gasteiger partial charge in [0.2, 0.25) is 5.91 Å². The minimum atomic E-state index is -1.20. The Kier molecular flexibility index (Phi) is 14.5. The number of rotatable bonds is 16. The van der Waals surface area contributed by atoms with Gasteiger partial charge in [-0.05, 0) is 49.3 Å². The summed E-state index contributed by atoms with van der Waals surface area (Å²) >= 11 is 0. The third kappa shape index (κ3) is 10.9. The first-order chi connectivity index (χ1) is 24.7. The first-order valence-electron chi connectivity index (χ1n) is 17.1. The number of guanidine groups is 1. The van der Waals surface area contributed by atoms with Crippen LogP contribution in [0.4, 0.5) is 9.59 Å². The van der Waals surface area contributed by atoms with Crippen LogP contribution < -0.4 is 11.5 Å². The van der Waals surface area contributed by atoms with E-state index in [-0.39, 0.29) is 58.1 Å². The van der Waals surface area contributed by atoms with Gasteiger partial charge >= 0.3 is 12.2 Å². The summed E-state index contributed by atoms with van der Waals surface area (Å²) < 4.78 is 11.2. The highest BCUT2D eigenvalue weighted by Crippen LogP contribution is 2.26. The van der Waals surface area contributed by atoms with Crippen molar-refractivity contribution in [3.05, 3.63) is 108 Å². The fourth-order valence-electron chi connectivity index (χ4n) is 6.03. The van der Waals surface area contributed by atoms with Crippen LogP contribution >= 0.6 is 0 Å². The number of aliphatic imine (C=N–C) groups is 1.